The number of benzene rings is 4. The second kappa shape index (κ2) is 9.93. The topological polar surface area (TPSA) is 27.7 Å². The van der Waals surface area contributed by atoms with Crippen LogP contribution in [0.5, 0.6) is 11.5 Å². The van der Waals surface area contributed by atoms with E-state index in [9.17, 15) is 0 Å². The normalized spacial score (nSPS) is 10.5. The Bertz CT molecular complexity index is 905. The molecule has 29 heavy (non-hydrogen) atoms. The zero-order valence-corrected chi connectivity index (χ0v) is 16.7. The van der Waals surface area contributed by atoms with E-state index < -0.39 is 15.5 Å². The van der Waals surface area contributed by atoms with Crippen molar-refractivity contribution < 1.29 is 13.7 Å². The molecule has 0 unspecified atom stereocenters. The molecule has 0 saturated heterocycles. The molecule has 3 nitrogen and oxygen atoms in total. The van der Waals surface area contributed by atoms with Crippen molar-refractivity contribution in [3.63, 3.8) is 0 Å². The van der Waals surface area contributed by atoms with Crippen LogP contribution >= 0.6 is 8.15 Å². The summed E-state index contributed by atoms with van der Waals surface area (Å²) in [5.74, 6) is 1.37. The molecule has 0 fully saturated rings. The van der Waals surface area contributed by atoms with E-state index in [4.69, 9.17) is 13.7 Å². The maximum atomic E-state index is 6.45. The van der Waals surface area contributed by atoms with E-state index in [-0.39, 0.29) is 0 Å². The SMILES string of the molecule is c1ccc(OB(Oc2ccccc2)OP(c2ccccc2)c2ccccc2)cc1. The van der Waals surface area contributed by atoms with Crippen LogP contribution in [0.3, 0.4) is 0 Å². The average Bonchev–Trinajstić information content (AvgIpc) is 2.80. The molecule has 4 aromatic rings. The van der Waals surface area contributed by atoms with Gasteiger partial charge in [-0.2, -0.15) is 0 Å². The van der Waals surface area contributed by atoms with Crippen LogP contribution in [-0.4, -0.2) is 7.32 Å². The fraction of sp³-hybridized carbons (Fsp3) is 0. The van der Waals surface area contributed by atoms with Crippen molar-refractivity contribution in [1.82, 2.24) is 0 Å². The molecular weight excluding hydrogens is 378 g/mol. The second-order valence-corrected chi connectivity index (χ2v) is 8.05. The minimum atomic E-state index is -1.13. The van der Waals surface area contributed by atoms with Gasteiger partial charge in [0.15, 0.2) is 0 Å². The summed E-state index contributed by atoms with van der Waals surface area (Å²) in [6.07, 6.45) is 0. The van der Waals surface area contributed by atoms with Gasteiger partial charge in [-0.3, -0.25) is 0 Å². The van der Waals surface area contributed by atoms with Crippen LogP contribution in [0.4, 0.5) is 0 Å². The highest BCUT2D eigenvalue weighted by atomic mass is 31.1. The Hall–Kier alpha value is -3.07. The third-order valence-corrected chi connectivity index (χ3v) is 6.04. The monoisotopic (exact) mass is 398 g/mol. The molecule has 0 atom stereocenters. The highest BCUT2D eigenvalue weighted by Gasteiger charge is 2.33. The second-order valence-electron chi connectivity index (χ2n) is 6.22. The first-order valence-corrected chi connectivity index (χ1v) is 10.6. The minimum absolute atomic E-state index is 0.685. The van der Waals surface area contributed by atoms with Crippen molar-refractivity contribution in [3.8, 4) is 11.5 Å². The third-order valence-electron chi connectivity index (χ3n) is 4.12. The molecule has 142 valence electrons. The Labute approximate surface area is 172 Å². The summed E-state index contributed by atoms with van der Waals surface area (Å²) in [5, 5.41) is 2.18. The maximum absolute atomic E-state index is 6.45. The summed E-state index contributed by atoms with van der Waals surface area (Å²) >= 11 is 0. The first kappa shape index (κ1) is 19.3. The van der Waals surface area contributed by atoms with Gasteiger partial charge in [0.05, 0.1) is 8.15 Å². The smallest absolute Gasteiger partial charge is 0.501 e. The molecule has 4 aromatic carbocycles. The summed E-state index contributed by atoms with van der Waals surface area (Å²) in [6, 6.07) is 39.5. The van der Waals surface area contributed by atoms with Gasteiger partial charge in [-0.25, -0.2) is 0 Å². The zero-order chi connectivity index (χ0) is 19.7. The molecule has 0 bridgehead atoms. The lowest BCUT2D eigenvalue weighted by Crippen LogP contribution is -2.34. The van der Waals surface area contributed by atoms with E-state index in [0.717, 1.165) is 10.6 Å². The van der Waals surface area contributed by atoms with Crippen molar-refractivity contribution in [2.45, 2.75) is 0 Å². The molecule has 0 heterocycles. The molecule has 0 spiro atoms. The fourth-order valence-corrected chi connectivity index (χ4v) is 4.46. The highest BCUT2D eigenvalue weighted by Crippen LogP contribution is 2.36. The summed E-state index contributed by atoms with van der Waals surface area (Å²) < 4.78 is 18.6. The van der Waals surface area contributed by atoms with Crippen molar-refractivity contribution in [1.29, 1.82) is 0 Å². The Morgan fingerprint density at radius 2 is 0.793 bits per heavy atom. The standard InChI is InChI=1S/C24H20BO3P/c1-5-13-21(14-6-1)26-25(27-22-15-7-2-8-16-22)28-29(23-17-9-3-10-18-23)24-19-11-4-12-20-24/h1-20H. The molecule has 5 heteroatoms. The molecule has 0 amide bonds. The summed E-state index contributed by atoms with van der Waals surface area (Å²) in [5.41, 5.74) is 0. The van der Waals surface area contributed by atoms with E-state index in [2.05, 4.69) is 24.3 Å². The van der Waals surface area contributed by atoms with Crippen molar-refractivity contribution in [2.75, 3.05) is 0 Å². The van der Waals surface area contributed by atoms with Gasteiger partial charge in [0.2, 0.25) is 0 Å². The van der Waals surface area contributed by atoms with Gasteiger partial charge in [-0.05, 0) is 24.3 Å². The largest absolute Gasteiger partial charge is 0.791 e. The number of para-hydroxylation sites is 2. The quantitative estimate of drug-likeness (QED) is 0.302. The van der Waals surface area contributed by atoms with Gasteiger partial charge in [0, 0.05) is 10.6 Å². The molecule has 0 radical (unpaired) electrons. The highest BCUT2D eigenvalue weighted by molar-refractivity contribution is 7.69. The van der Waals surface area contributed by atoms with Gasteiger partial charge in [-0.1, -0.05) is 97.1 Å². The van der Waals surface area contributed by atoms with Gasteiger partial charge in [0.25, 0.3) is 0 Å². The van der Waals surface area contributed by atoms with Crippen LogP contribution < -0.4 is 19.9 Å². The summed E-state index contributed by atoms with van der Waals surface area (Å²) in [6.45, 7) is 0. The van der Waals surface area contributed by atoms with Gasteiger partial charge in [0.1, 0.15) is 11.5 Å². The van der Waals surface area contributed by atoms with E-state index in [0.29, 0.717) is 11.5 Å². The first-order valence-electron chi connectivity index (χ1n) is 9.39. The lowest BCUT2D eigenvalue weighted by atomic mass is 10.2. The molecule has 0 aliphatic heterocycles. The lowest BCUT2D eigenvalue weighted by molar-refractivity contribution is 0.323. The van der Waals surface area contributed by atoms with Crippen LogP contribution in [-0.2, 0) is 4.44 Å². The summed E-state index contributed by atoms with van der Waals surface area (Å²) in [7, 11) is -2.03. The van der Waals surface area contributed by atoms with E-state index in [1.54, 1.807) is 0 Å². The molecule has 4 rings (SSSR count). The predicted molar refractivity (Wildman–Crippen MR) is 120 cm³/mol. The Kier molecular flexibility index (Phi) is 6.59. The van der Waals surface area contributed by atoms with Crippen molar-refractivity contribution in [3.05, 3.63) is 121 Å². The molecule has 0 N–H and O–H groups in total. The number of hydrogen-bond donors (Lipinski definition) is 0. The van der Waals surface area contributed by atoms with Gasteiger partial charge >= 0.3 is 7.32 Å². The molecule has 0 aliphatic carbocycles. The predicted octanol–water partition coefficient (Wildman–Crippen LogP) is 5.19. The Morgan fingerprint density at radius 1 is 0.448 bits per heavy atom. The minimum Gasteiger partial charge on any atom is -0.501 e. The lowest BCUT2D eigenvalue weighted by Gasteiger charge is -2.23. The zero-order valence-electron chi connectivity index (χ0n) is 15.8. The fourth-order valence-electron chi connectivity index (χ4n) is 2.77. The molecule has 0 aliphatic rings. The molecule has 0 aromatic heterocycles. The number of hydrogen-bond acceptors (Lipinski definition) is 3. The summed E-state index contributed by atoms with van der Waals surface area (Å²) in [4.78, 5) is 0. The van der Waals surface area contributed by atoms with E-state index >= 15 is 0 Å². The Morgan fingerprint density at radius 3 is 1.17 bits per heavy atom. The van der Waals surface area contributed by atoms with Crippen molar-refractivity contribution in [2.24, 2.45) is 0 Å². The van der Waals surface area contributed by atoms with Crippen LogP contribution in [0.15, 0.2) is 121 Å². The third kappa shape index (κ3) is 5.48. The van der Waals surface area contributed by atoms with Gasteiger partial charge in [-0.15, -0.1) is 0 Å². The number of rotatable bonds is 8. The molecule has 0 saturated carbocycles. The molecular formula is C24H20BO3P. The van der Waals surface area contributed by atoms with Crippen LogP contribution in [0, 0.1) is 0 Å². The maximum Gasteiger partial charge on any atom is 0.791 e. The average molecular weight is 398 g/mol. The van der Waals surface area contributed by atoms with Gasteiger partial charge < -0.3 is 13.7 Å². The van der Waals surface area contributed by atoms with Crippen LogP contribution in [0.1, 0.15) is 0 Å². The van der Waals surface area contributed by atoms with Crippen LogP contribution in [0.25, 0.3) is 0 Å². The first-order chi connectivity index (χ1) is 14.4. The Balaban J connectivity index is 1.64. The van der Waals surface area contributed by atoms with Crippen molar-refractivity contribution >= 4 is 26.1 Å². The van der Waals surface area contributed by atoms with E-state index in [1.807, 2.05) is 97.1 Å². The van der Waals surface area contributed by atoms with Crippen LogP contribution in [0.2, 0.25) is 0 Å². The van der Waals surface area contributed by atoms with E-state index in [1.165, 1.54) is 0 Å².